The molecule has 1 amide bonds. The second-order valence-electron chi connectivity index (χ2n) is 5.31. The van der Waals surface area contributed by atoms with E-state index in [2.05, 4.69) is 10.6 Å². The number of hydrogen-bond acceptors (Lipinski definition) is 3. The standard InChI is InChI=1S/C17H17F3N2O2/c1-10-3-4-14(8-15(10)21-2)22-16(24)12-5-11(9-23)6-13(7-12)17(18,19)20/h3-8,21,23H,9H2,1-2H3,(H,22,24). The summed E-state index contributed by atoms with van der Waals surface area (Å²) >= 11 is 0. The van der Waals surface area contributed by atoms with Crippen molar-refractivity contribution in [1.29, 1.82) is 0 Å². The van der Waals surface area contributed by atoms with Gasteiger partial charge in [-0.15, -0.1) is 0 Å². The lowest BCUT2D eigenvalue weighted by Crippen LogP contribution is -2.15. The third-order valence-electron chi connectivity index (χ3n) is 3.53. The van der Waals surface area contributed by atoms with Crippen molar-refractivity contribution in [3.05, 3.63) is 58.7 Å². The highest BCUT2D eigenvalue weighted by atomic mass is 19.4. The van der Waals surface area contributed by atoms with Crippen molar-refractivity contribution in [3.63, 3.8) is 0 Å². The van der Waals surface area contributed by atoms with Gasteiger partial charge in [-0.3, -0.25) is 4.79 Å². The smallest absolute Gasteiger partial charge is 0.392 e. The highest BCUT2D eigenvalue weighted by Crippen LogP contribution is 2.31. The molecule has 0 saturated carbocycles. The first-order chi connectivity index (χ1) is 11.2. The highest BCUT2D eigenvalue weighted by Gasteiger charge is 2.31. The Kier molecular flexibility index (Phi) is 5.14. The van der Waals surface area contributed by atoms with Gasteiger partial charge in [-0.2, -0.15) is 13.2 Å². The first kappa shape index (κ1) is 17.8. The van der Waals surface area contributed by atoms with Gasteiger partial charge in [0.1, 0.15) is 0 Å². The van der Waals surface area contributed by atoms with Crippen LogP contribution in [-0.4, -0.2) is 18.1 Å². The Morgan fingerprint density at radius 3 is 2.46 bits per heavy atom. The first-order valence-electron chi connectivity index (χ1n) is 7.16. The summed E-state index contributed by atoms with van der Waals surface area (Å²) in [5.74, 6) is -0.679. The van der Waals surface area contributed by atoms with Gasteiger partial charge in [0, 0.05) is 24.0 Å². The van der Waals surface area contributed by atoms with Gasteiger partial charge in [-0.05, 0) is 48.4 Å². The fraction of sp³-hybridized carbons (Fsp3) is 0.235. The van der Waals surface area contributed by atoms with Crippen LogP contribution in [0.25, 0.3) is 0 Å². The fourth-order valence-electron chi connectivity index (χ4n) is 2.25. The molecule has 0 spiro atoms. The molecule has 4 nitrogen and oxygen atoms in total. The van der Waals surface area contributed by atoms with E-state index in [4.69, 9.17) is 5.11 Å². The summed E-state index contributed by atoms with van der Waals surface area (Å²) in [7, 11) is 1.73. The van der Waals surface area contributed by atoms with Crippen LogP contribution in [0.5, 0.6) is 0 Å². The number of rotatable bonds is 4. The first-order valence-corrected chi connectivity index (χ1v) is 7.16. The second-order valence-corrected chi connectivity index (χ2v) is 5.31. The van der Waals surface area contributed by atoms with E-state index in [-0.39, 0.29) is 11.1 Å². The predicted molar refractivity (Wildman–Crippen MR) is 86.0 cm³/mol. The average Bonchev–Trinajstić information content (AvgIpc) is 2.55. The molecular formula is C17H17F3N2O2. The van der Waals surface area contributed by atoms with E-state index in [1.54, 1.807) is 25.2 Å². The summed E-state index contributed by atoms with van der Waals surface area (Å²) in [5, 5.41) is 14.6. The SMILES string of the molecule is CNc1cc(NC(=O)c2cc(CO)cc(C(F)(F)F)c2)ccc1C. The van der Waals surface area contributed by atoms with Gasteiger partial charge in [-0.1, -0.05) is 6.07 Å². The molecule has 3 N–H and O–H groups in total. The van der Waals surface area contributed by atoms with E-state index in [1.807, 2.05) is 6.92 Å². The van der Waals surface area contributed by atoms with E-state index in [0.717, 1.165) is 23.4 Å². The van der Waals surface area contributed by atoms with E-state index in [0.29, 0.717) is 5.69 Å². The molecule has 0 aliphatic heterocycles. The maximum Gasteiger partial charge on any atom is 0.416 e. The zero-order valence-corrected chi connectivity index (χ0v) is 13.2. The molecule has 24 heavy (non-hydrogen) atoms. The fourth-order valence-corrected chi connectivity index (χ4v) is 2.25. The van der Waals surface area contributed by atoms with Gasteiger partial charge in [0.05, 0.1) is 12.2 Å². The molecule has 0 unspecified atom stereocenters. The summed E-state index contributed by atoms with van der Waals surface area (Å²) in [4.78, 5) is 12.3. The summed E-state index contributed by atoms with van der Waals surface area (Å²) in [6, 6.07) is 7.95. The monoisotopic (exact) mass is 338 g/mol. The molecular weight excluding hydrogens is 321 g/mol. The van der Waals surface area contributed by atoms with E-state index in [9.17, 15) is 18.0 Å². The van der Waals surface area contributed by atoms with Crippen LogP contribution >= 0.6 is 0 Å². The molecule has 0 fully saturated rings. The number of aliphatic hydroxyl groups is 1. The van der Waals surface area contributed by atoms with Crippen LogP contribution in [-0.2, 0) is 12.8 Å². The molecule has 7 heteroatoms. The Balaban J connectivity index is 2.32. The van der Waals surface area contributed by atoms with Gasteiger partial charge in [0.15, 0.2) is 0 Å². The normalized spacial score (nSPS) is 11.2. The quantitative estimate of drug-likeness (QED) is 0.795. The molecule has 0 radical (unpaired) electrons. The molecule has 0 aromatic heterocycles. The third kappa shape index (κ3) is 4.05. The number of carbonyl (C=O) groups is 1. The lowest BCUT2D eigenvalue weighted by Gasteiger charge is -2.13. The molecule has 0 aliphatic rings. The summed E-state index contributed by atoms with van der Waals surface area (Å²) in [6.45, 7) is 1.30. The van der Waals surface area contributed by atoms with Crippen LogP contribution in [0.3, 0.4) is 0 Å². The Labute approximate surface area is 137 Å². The minimum absolute atomic E-state index is 0.0230. The molecule has 0 saturated heterocycles. The van der Waals surface area contributed by atoms with Crippen LogP contribution in [0.4, 0.5) is 24.5 Å². The molecule has 2 rings (SSSR count). The van der Waals surface area contributed by atoms with Crippen LogP contribution in [0.2, 0.25) is 0 Å². The number of aliphatic hydroxyl groups excluding tert-OH is 1. The molecule has 128 valence electrons. The number of benzene rings is 2. The lowest BCUT2D eigenvalue weighted by atomic mass is 10.0. The molecule has 0 atom stereocenters. The van der Waals surface area contributed by atoms with E-state index < -0.39 is 24.3 Å². The lowest BCUT2D eigenvalue weighted by molar-refractivity contribution is -0.137. The molecule has 0 heterocycles. The minimum atomic E-state index is -4.59. The number of anilines is 2. The number of carbonyl (C=O) groups excluding carboxylic acids is 1. The van der Waals surface area contributed by atoms with Crippen molar-refractivity contribution in [3.8, 4) is 0 Å². The van der Waals surface area contributed by atoms with Crippen molar-refractivity contribution in [1.82, 2.24) is 0 Å². The Hall–Kier alpha value is -2.54. The van der Waals surface area contributed by atoms with Crippen molar-refractivity contribution >= 4 is 17.3 Å². The van der Waals surface area contributed by atoms with Crippen molar-refractivity contribution in [2.24, 2.45) is 0 Å². The van der Waals surface area contributed by atoms with Gasteiger partial charge < -0.3 is 15.7 Å². The number of halogens is 3. The van der Waals surface area contributed by atoms with E-state index >= 15 is 0 Å². The summed E-state index contributed by atoms with van der Waals surface area (Å²) in [6.07, 6.45) is -4.59. The maximum absolute atomic E-state index is 12.9. The molecule has 2 aromatic rings. The predicted octanol–water partition coefficient (Wildman–Crippen LogP) is 3.80. The largest absolute Gasteiger partial charge is 0.416 e. The molecule has 0 aliphatic carbocycles. The zero-order valence-electron chi connectivity index (χ0n) is 13.2. The van der Waals surface area contributed by atoms with Gasteiger partial charge in [0.2, 0.25) is 0 Å². The third-order valence-corrected chi connectivity index (χ3v) is 3.53. The van der Waals surface area contributed by atoms with Crippen molar-refractivity contribution in [2.45, 2.75) is 19.7 Å². The van der Waals surface area contributed by atoms with Crippen LogP contribution < -0.4 is 10.6 Å². The number of alkyl halides is 3. The number of amides is 1. The highest BCUT2D eigenvalue weighted by molar-refractivity contribution is 6.04. The van der Waals surface area contributed by atoms with Crippen molar-refractivity contribution in [2.75, 3.05) is 17.7 Å². The van der Waals surface area contributed by atoms with Gasteiger partial charge in [-0.25, -0.2) is 0 Å². The van der Waals surface area contributed by atoms with Crippen molar-refractivity contribution < 1.29 is 23.1 Å². The van der Waals surface area contributed by atoms with Crippen LogP contribution in [0, 0.1) is 6.92 Å². The summed E-state index contributed by atoms with van der Waals surface area (Å²) < 4.78 is 38.7. The number of nitrogens with one attached hydrogen (secondary N) is 2. The Bertz CT molecular complexity index is 758. The summed E-state index contributed by atoms with van der Waals surface area (Å²) in [5.41, 5.74) is 1.11. The topological polar surface area (TPSA) is 61.4 Å². The number of hydrogen-bond donors (Lipinski definition) is 3. The van der Waals surface area contributed by atoms with Gasteiger partial charge >= 0.3 is 6.18 Å². The number of aryl methyl sites for hydroxylation is 1. The van der Waals surface area contributed by atoms with Crippen LogP contribution in [0.15, 0.2) is 36.4 Å². The Morgan fingerprint density at radius 1 is 1.17 bits per heavy atom. The Morgan fingerprint density at radius 2 is 1.88 bits per heavy atom. The molecule has 2 aromatic carbocycles. The van der Waals surface area contributed by atoms with Crippen LogP contribution in [0.1, 0.15) is 27.0 Å². The van der Waals surface area contributed by atoms with E-state index in [1.165, 1.54) is 6.07 Å². The maximum atomic E-state index is 12.9. The second kappa shape index (κ2) is 6.92. The minimum Gasteiger partial charge on any atom is -0.392 e. The van der Waals surface area contributed by atoms with Gasteiger partial charge in [0.25, 0.3) is 5.91 Å². The zero-order chi connectivity index (χ0) is 17.9. The average molecular weight is 338 g/mol. The molecule has 0 bridgehead atoms.